The summed E-state index contributed by atoms with van der Waals surface area (Å²) >= 11 is 5.47. The summed E-state index contributed by atoms with van der Waals surface area (Å²) in [6.45, 7) is 3.03. The van der Waals surface area contributed by atoms with Crippen LogP contribution in [0.15, 0.2) is 30.3 Å². The molecule has 0 amide bonds. The largest absolute Gasteiger partial charge is 0.418 e. The Balaban J connectivity index is 0.000000251. The van der Waals surface area contributed by atoms with Crippen molar-refractivity contribution >= 4 is 23.0 Å². The van der Waals surface area contributed by atoms with E-state index in [0.717, 1.165) is 12.1 Å². The van der Waals surface area contributed by atoms with Crippen LogP contribution in [0.25, 0.3) is 0 Å². The van der Waals surface area contributed by atoms with Gasteiger partial charge in [0.1, 0.15) is 0 Å². The minimum absolute atomic E-state index is 0.0408. The van der Waals surface area contributed by atoms with E-state index in [9.17, 15) is 26.3 Å². The first-order chi connectivity index (χ1) is 11.2. The van der Waals surface area contributed by atoms with Crippen molar-refractivity contribution in [2.24, 2.45) is 0 Å². The lowest BCUT2D eigenvalue weighted by Gasteiger charge is -2.12. The normalized spacial score (nSPS) is 11.7. The first kappa shape index (κ1) is 21.0. The van der Waals surface area contributed by atoms with Crippen LogP contribution in [-0.2, 0) is 12.4 Å². The molecule has 0 bridgehead atoms. The molecule has 0 fully saturated rings. The number of hydrogen-bond donors (Lipinski definition) is 2. The third-order valence-electron chi connectivity index (χ3n) is 3.29. The number of halogens is 7. The number of hydrogen-bond acceptors (Lipinski definition) is 2. The Bertz CT molecular complexity index is 754. The van der Waals surface area contributed by atoms with Crippen LogP contribution in [0, 0.1) is 13.8 Å². The quantitative estimate of drug-likeness (QED) is 0.442. The van der Waals surface area contributed by atoms with Crippen LogP contribution in [-0.4, -0.2) is 0 Å². The van der Waals surface area contributed by atoms with Crippen LogP contribution in [0.1, 0.15) is 22.3 Å². The van der Waals surface area contributed by atoms with Gasteiger partial charge in [0, 0.05) is 16.4 Å². The van der Waals surface area contributed by atoms with E-state index in [2.05, 4.69) is 0 Å². The molecule has 0 saturated heterocycles. The van der Waals surface area contributed by atoms with E-state index in [0.29, 0.717) is 11.1 Å². The minimum atomic E-state index is -4.44. The monoisotopic (exact) mass is 384 g/mol. The van der Waals surface area contributed by atoms with Gasteiger partial charge >= 0.3 is 12.4 Å². The number of anilines is 2. The maximum absolute atomic E-state index is 12.3. The summed E-state index contributed by atoms with van der Waals surface area (Å²) in [7, 11) is 0. The van der Waals surface area contributed by atoms with Crippen LogP contribution in [0.3, 0.4) is 0 Å². The molecule has 2 rings (SSSR count). The van der Waals surface area contributed by atoms with Gasteiger partial charge < -0.3 is 11.5 Å². The SMILES string of the molecule is Cc1cc(Cl)cc(C(F)(F)F)c1N.Cc1cccc(C(F)(F)F)c1N. The molecule has 138 valence electrons. The predicted octanol–water partition coefficient (Wildman–Crippen LogP) is 5.85. The molecular weight excluding hydrogens is 370 g/mol. The Kier molecular flexibility index (Phi) is 6.23. The molecule has 0 aliphatic heterocycles. The van der Waals surface area contributed by atoms with Gasteiger partial charge in [0.2, 0.25) is 0 Å². The highest BCUT2D eigenvalue weighted by molar-refractivity contribution is 6.30. The van der Waals surface area contributed by atoms with Crippen molar-refractivity contribution < 1.29 is 26.3 Å². The van der Waals surface area contributed by atoms with Gasteiger partial charge in [0.25, 0.3) is 0 Å². The molecule has 0 aromatic heterocycles. The molecule has 2 aromatic rings. The summed E-state index contributed by atoms with van der Waals surface area (Å²) in [5, 5.41) is 0.0408. The number of nitrogen functional groups attached to an aromatic ring is 2. The zero-order chi connectivity index (χ0) is 19.6. The molecule has 9 heteroatoms. The highest BCUT2D eigenvalue weighted by atomic mass is 35.5. The Labute approximate surface area is 145 Å². The number of nitrogens with two attached hydrogens (primary N) is 2. The third kappa shape index (κ3) is 5.45. The summed E-state index contributed by atoms with van der Waals surface area (Å²) in [6.07, 6.45) is -8.80. The lowest BCUT2D eigenvalue weighted by Crippen LogP contribution is -2.09. The summed E-state index contributed by atoms with van der Waals surface area (Å²) in [6, 6.07) is 6.08. The standard InChI is InChI=1S/C8H7ClF3N.C8H8F3N/c1-4-2-5(9)3-6(7(4)13)8(10,11)12;1-5-3-2-4-6(7(5)12)8(9,10)11/h2-3H,13H2,1H3;2-4H,12H2,1H3. The van der Waals surface area contributed by atoms with Gasteiger partial charge in [-0.05, 0) is 43.2 Å². The van der Waals surface area contributed by atoms with Crippen molar-refractivity contribution in [1.82, 2.24) is 0 Å². The van der Waals surface area contributed by atoms with Gasteiger partial charge in [-0.3, -0.25) is 0 Å². The number of benzene rings is 2. The lowest BCUT2D eigenvalue weighted by molar-refractivity contribution is -0.137. The van der Waals surface area contributed by atoms with Crippen molar-refractivity contribution in [1.29, 1.82) is 0 Å². The first-order valence-electron chi connectivity index (χ1n) is 6.80. The van der Waals surface area contributed by atoms with Crippen LogP contribution in [0.4, 0.5) is 37.7 Å². The van der Waals surface area contributed by atoms with Crippen molar-refractivity contribution in [3.8, 4) is 0 Å². The topological polar surface area (TPSA) is 52.0 Å². The number of alkyl halides is 6. The van der Waals surface area contributed by atoms with Gasteiger partial charge in [0.15, 0.2) is 0 Å². The van der Waals surface area contributed by atoms with Crippen LogP contribution in [0.2, 0.25) is 5.02 Å². The van der Waals surface area contributed by atoms with Gasteiger partial charge in [-0.1, -0.05) is 23.7 Å². The molecule has 2 nitrogen and oxygen atoms in total. The van der Waals surface area contributed by atoms with Crippen molar-refractivity contribution in [2.75, 3.05) is 11.5 Å². The molecule has 0 saturated carbocycles. The zero-order valence-electron chi connectivity index (χ0n) is 13.2. The van der Waals surface area contributed by atoms with Gasteiger partial charge in [-0.2, -0.15) is 26.3 Å². The van der Waals surface area contributed by atoms with Crippen LogP contribution in [0.5, 0.6) is 0 Å². The second-order valence-electron chi connectivity index (χ2n) is 5.22. The summed E-state index contributed by atoms with van der Waals surface area (Å²) in [5.41, 5.74) is 9.19. The summed E-state index contributed by atoms with van der Waals surface area (Å²) in [4.78, 5) is 0. The minimum Gasteiger partial charge on any atom is -0.398 e. The molecule has 0 aliphatic carbocycles. The highest BCUT2D eigenvalue weighted by Crippen LogP contribution is 2.37. The Morgan fingerprint density at radius 3 is 1.68 bits per heavy atom. The van der Waals surface area contributed by atoms with E-state index in [1.54, 1.807) is 13.0 Å². The lowest BCUT2D eigenvalue weighted by atomic mass is 10.1. The predicted molar refractivity (Wildman–Crippen MR) is 86.2 cm³/mol. The number of rotatable bonds is 0. The maximum Gasteiger partial charge on any atom is 0.418 e. The molecular formula is C16H15ClF6N2. The molecule has 4 N–H and O–H groups in total. The van der Waals surface area contributed by atoms with Crippen molar-refractivity contribution in [2.45, 2.75) is 26.2 Å². The van der Waals surface area contributed by atoms with Gasteiger partial charge in [0.05, 0.1) is 11.1 Å². The average molecular weight is 385 g/mol. The van der Waals surface area contributed by atoms with E-state index in [-0.39, 0.29) is 16.4 Å². The highest BCUT2D eigenvalue weighted by Gasteiger charge is 2.34. The third-order valence-corrected chi connectivity index (χ3v) is 3.50. The Morgan fingerprint density at radius 1 is 0.760 bits per heavy atom. The molecule has 0 aliphatic rings. The van der Waals surface area contributed by atoms with Crippen molar-refractivity contribution in [3.63, 3.8) is 0 Å². The van der Waals surface area contributed by atoms with E-state index >= 15 is 0 Å². The molecule has 0 atom stereocenters. The van der Waals surface area contributed by atoms with Gasteiger partial charge in [-0.15, -0.1) is 0 Å². The number of para-hydroxylation sites is 1. The Morgan fingerprint density at radius 2 is 1.24 bits per heavy atom. The second kappa shape index (κ2) is 7.43. The fraction of sp³-hybridized carbons (Fsp3) is 0.250. The molecule has 0 unspecified atom stereocenters. The fourth-order valence-corrected chi connectivity index (χ4v) is 2.19. The summed E-state index contributed by atoms with van der Waals surface area (Å²) in [5.74, 6) is 0. The van der Waals surface area contributed by atoms with Crippen LogP contribution >= 0.6 is 11.6 Å². The Hall–Kier alpha value is -2.09. The molecule has 0 radical (unpaired) electrons. The smallest absolute Gasteiger partial charge is 0.398 e. The van der Waals surface area contributed by atoms with E-state index in [1.165, 1.54) is 19.1 Å². The number of aryl methyl sites for hydroxylation is 2. The van der Waals surface area contributed by atoms with E-state index in [1.807, 2.05) is 0 Å². The van der Waals surface area contributed by atoms with Crippen LogP contribution < -0.4 is 11.5 Å². The van der Waals surface area contributed by atoms with Crippen molar-refractivity contribution in [3.05, 3.63) is 57.6 Å². The van der Waals surface area contributed by atoms with E-state index < -0.39 is 23.5 Å². The molecule has 0 heterocycles. The zero-order valence-corrected chi connectivity index (χ0v) is 13.9. The molecule has 2 aromatic carbocycles. The first-order valence-corrected chi connectivity index (χ1v) is 7.18. The second-order valence-corrected chi connectivity index (χ2v) is 5.65. The van der Waals surface area contributed by atoms with E-state index in [4.69, 9.17) is 23.1 Å². The summed E-state index contributed by atoms with van der Waals surface area (Å²) < 4.78 is 73.3. The molecule has 0 spiro atoms. The average Bonchev–Trinajstić information content (AvgIpc) is 2.44. The fourth-order valence-electron chi connectivity index (χ4n) is 1.92. The molecule has 25 heavy (non-hydrogen) atoms. The maximum atomic E-state index is 12.3. The van der Waals surface area contributed by atoms with Gasteiger partial charge in [-0.25, -0.2) is 0 Å².